The Balaban J connectivity index is 1.78. The second-order valence-corrected chi connectivity index (χ2v) is 7.68. The van der Waals surface area contributed by atoms with Gasteiger partial charge in [-0.2, -0.15) is 5.26 Å². The molecule has 1 aliphatic carbocycles. The Labute approximate surface area is 168 Å². The monoisotopic (exact) mass is 402 g/mol. The first kappa shape index (κ1) is 19.5. The van der Waals surface area contributed by atoms with E-state index in [9.17, 15) is 10.1 Å². The summed E-state index contributed by atoms with van der Waals surface area (Å²) in [5, 5.41) is 13.4. The maximum absolute atomic E-state index is 12.5. The fourth-order valence-corrected chi connectivity index (χ4v) is 3.71. The van der Waals surface area contributed by atoms with E-state index >= 15 is 0 Å². The molecule has 0 aliphatic heterocycles. The van der Waals surface area contributed by atoms with Crippen molar-refractivity contribution in [3.05, 3.63) is 51.7 Å². The number of nitriles is 1. The molecule has 0 radical (unpaired) electrons. The zero-order valence-corrected chi connectivity index (χ0v) is 16.5. The van der Waals surface area contributed by atoms with Gasteiger partial charge < -0.3 is 9.73 Å². The van der Waals surface area contributed by atoms with E-state index in [-0.39, 0.29) is 17.5 Å². The first-order chi connectivity index (χ1) is 13.0. The molecule has 0 bridgehead atoms. The lowest BCUT2D eigenvalue weighted by Crippen LogP contribution is -2.41. The summed E-state index contributed by atoms with van der Waals surface area (Å²) in [4.78, 5) is 12.5. The molecule has 1 saturated carbocycles. The van der Waals surface area contributed by atoms with E-state index in [0.717, 1.165) is 19.3 Å². The van der Waals surface area contributed by atoms with Crippen molar-refractivity contribution in [2.24, 2.45) is 5.92 Å². The van der Waals surface area contributed by atoms with Gasteiger partial charge in [-0.05, 0) is 49.1 Å². The highest BCUT2D eigenvalue weighted by atomic mass is 35.5. The van der Waals surface area contributed by atoms with Crippen LogP contribution in [0.15, 0.2) is 40.3 Å². The molecule has 0 unspecified atom stereocenters. The third-order valence-electron chi connectivity index (χ3n) is 4.90. The summed E-state index contributed by atoms with van der Waals surface area (Å²) in [6.07, 6.45) is 5.78. The van der Waals surface area contributed by atoms with E-state index in [2.05, 4.69) is 12.2 Å². The molecule has 6 heteroatoms. The van der Waals surface area contributed by atoms with Crippen LogP contribution in [-0.4, -0.2) is 11.9 Å². The lowest BCUT2D eigenvalue weighted by molar-refractivity contribution is -0.118. The van der Waals surface area contributed by atoms with Crippen LogP contribution in [0.5, 0.6) is 0 Å². The highest BCUT2D eigenvalue weighted by Gasteiger charge is 2.24. The van der Waals surface area contributed by atoms with Gasteiger partial charge in [0.1, 0.15) is 23.2 Å². The molecule has 1 amide bonds. The number of benzene rings is 1. The van der Waals surface area contributed by atoms with Crippen LogP contribution in [-0.2, 0) is 4.79 Å². The number of hydrogen-bond acceptors (Lipinski definition) is 3. The van der Waals surface area contributed by atoms with Crippen LogP contribution < -0.4 is 5.32 Å². The van der Waals surface area contributed by atoms with Gasteiger partial charge in [-0.3, -0.25) is 4.79 Å². The molecule has 3 rings (SSSR count). The van der Waals surface area contributed by atoms with E-state index in [1.807, 2.05) is 6.07 Å². The van der Waals surface area contributed by atoms with Crippen LogP contribution in [0.25, 0.3) is 17.4 Å². The smallest absolute Gasteiger partial charge is 0.262 e. The van der Waals surface area contributed by atoms with Crippen molar-refractivity contribution in [2.75, 3.05) is 0 Å². The number of amides is 1. The summed E-state index contributed by atoms with van der Waals surface area (Å²) in [6, 6.07) is 10.6. The van der Waals surface area contributed by atoms with Gasteiger partial charge in [-0.25, -0.2) is 0 Å². The predicted octanol–water partition coefficient (Wildman–Crippen LogP) is 5.86. The maximum atomic E-state index is 12.5. The molecule has 2 atom stereocenters. The van der Waals surface area contributed by atoms with Crippen molar-refractivity contribution in [1.82, 2.24) is 5.32 Å². The van der Waals surface area contributed by atoms with Crippen molar-refractivity contribution in [2.45, 2.75) is 38.6 Å². The van der Waals surface area contributed by atoms with Crippen LogP contribution in [0, 0.1) is 17.2 Å². The fourth-order valence-electron chi connectivity index (χ4n) is 3.33. The Morgan fingerprint density at radius 3 is 2.78 bits per heavy atom. The normalized spacial score (nSPS) is 20.1. The third kappa shape index (κ3) is 4.74. The SMILES string of the molecule is C[C@H]1CCCC[C@H]1NC(=O)/C(C#N)=C/c1ccc(-c2cc(Cl)ccc2Cl)o1. The molecule has 0 saturated heterocycles. The second kappa shape index (κ2) is 8.65. The van der Waals surface area contributed by atoms with Gasteiger partial charge in [-0.1, -0.05) is 43.0 Å². The molecule has 0 spiro atoms. The van der Waals surface area contributed by atoms with Crippen LogP contribution in [0.3, 0.4) is 0 Å². The summed E-state index contributed by atoms with van der Waals surface area (Å²) in [7, 11) is 0. The summed E-state index contributed by atoms with van der Waals surface area (Å²) in [5.74, 6) is 0.981. The van der Waals surface area contributed by atoms with Gasteiger partial charge in [0.25, 0.3) is 5.91 Å². The minimum Gasteiger partial charge on any atom is -0.457 e. The first-order valence-corrected chi connectivity index (χ1v) is 9.71. The highest BCUT2D eigenvalue weighted by Crippen LogP contribution is 2.32. The Kier molecular flexibility index (Phi) is 6.26. The molecule has 27 heavy (non-hydrogen) atoms. The second-order valence-electron chi connectivity index (χ2n) is 6.84. The summed E-state index contributed by atoms with van der Waals surface area (Å²) in [6.45, 7) is 2.13. The molecule has 1 heterocycles. The molecule has 1 aromatic heterocycles. The summed E-state index contributed by atoms with van der Waals surface area (Å²) in [5.41, 5.74) is 0.675. The number of hydrogen-bond donors (Lipinski definition) is 1. The topological polar surface area (TPSA) is 66.0 Å². The molecule has 4 nitrogen and oxygen atoms in total. The quantitative estimate of drug-likeness (QED) is 0.514. The number of nitrogens with one attached hydrogen (secondary N) is 1. The Hall–Kier alpha value is -2.22. The van der Waals surface area contributed by atoms with E-state index < -0.39 is 0 Å². The highest BCUT2D eigenvalue weighted by molar-refractivity contribution is 6.35. The van der Waals surface area contributed by atoms with Gasteiger partial charge in [-0.15, -0.1) is 0 Å². The predicted molar refractivity (Wildman–Crippen MR) is 107 cm³/mol. The molecule has 1 N–H and O–H groups in total. The standard InChI is InChI=1S/C21H20Cl2N2O2/c1-13-4-2-3-5-19(13)25-21(26)14(12-24)10-16-7-9-20(27-16)17-11-15(22)6-8-18(17)23/h6-11,13,19H,2-5H2,1H3,(H,25,26)/b14-10+/t13-,19+/m0/s1. The summed E-state index contributed by atoms with van der Waals surface area (Å²) >= 11 is 12.2. The number of nitrogens with zero attached hydrogens (tertiary/aromatic N) is 1. The lowest BCUT2D eigenvalue weighted by Gasteiger charge is -2.29. The Morgan fingerprint density at radius 1 is 1.26 bits per heavy atom. The lowest BCUT2D eigenvalue weighted by atomic mass is 9.86. The van der Waals surface area contributed by atoms with E-state index in [1.54, 1.807) is 30.3 Å². The first-order valence-electron chi connectivity index (χ1n) is 8.96. The Bertz CT molecular complexity index is 911. The molecular weight excluding hydrogens is 383 g/mol. The van der Waals surface area contributed by atoms with E-state index in [0.29, 0.717) is 33.0 Å². The van der Waals surface area contributed by atoms with Gasteiger partial charge in [0.2, 0.25) is 0 Å². The fraction of sp³-hybridized carbons (Fsp3) is 0.333. The van der Waals surface area contributed by atoms with Crippen LogP contribution in [0.1, 0.15) is 38.4 Å². The van der Waals surface area contributed by atoms with E-state index in [4.69, 9.17) is 27.6 Å². The number of carbonyl (C=O) groups excluding carboxylic acids is 1. The average Bonchev–Trinajstić information content (AvgIpc) is 3.12. The molecule has 1 aliphatic rings. The summed E-state index contributed by atoms with van der Waals surface area (Å²) < 4.78 is 5.75. The average molecular weight is 403 g/mol. The van der Waals surface area contributed by atoms with Gasteiger partial charge >= 0.3 is 0 Å². The number of furan rings is 1. The van der Waals surface area contributed by atoms with Crippen molar-refractivity contribution in [3.8, 4) is 17.4 Å². The number of carbonyl (C=O) groups is 1. The molecular formula is C21H20Cl2N2O2. The maximum Gasteiger partial charge on any atom is 0.262 e. The van der Waals surface area contributed by atoms with Crippen molar-refractivity contribution in [1.29, 1.82) is 5.26 Å². The molecule has 2 aromatic rings. The number of halogens is 2. The zero-order chi connectivity index (χ0) is 19.4. The molecule has 140 valence electrons. The van der Waals surface area contributed by atoms with Crippen molar-refractivity contribution < 1.29 is 9.21 Å². The number of rotatable bonds is 4. The van der Waals surface area contributed by atoms with E-state index in [1.165, 1.54) is 12.5 Å². The van der Waals surface area contributed by atoms with Gasteiger partial charge in [0.15, 0.2) is 0 Å². The minimum atomic E-state index is -0.366. The zero-order valence-electron chi connectivity index (χ0n) is 15.0. The molecule has 1 aromatic carbocycles. The van der Waals surface area contributed by atoms with Crippen LogP contribution >= 0.6 is 23.2 Å². The minimum absolute atomic E-state index is 0.0193. The third-order valence-corrected chi connectivity index (χ3v) is 5.46. The van der Waals surface area contributed by atoms with Crippen LogP contribution in [0.2, 0.25) is 10.0 Å². The van der Waals surface area contributed by atoms with Gasteiger partial charge in [0, 0.05) is 22.7 Å². The van der Waals surface area contributed by atoms with Gasteiger partial charge in [0.05, 0.1) is 5.02 Å². The largest absolute Gasteiger partial charge is 0.457 e. The molecule has 1 fully saturated rings. The van der Waals surface area contributed by atoms with Crippen LogP contribution in [0.4, 0.5) is 0 Å². The Morgan fingerprint density at radius 2 is 2.04 bits per heavy atom. The van der Waals surface area contributed by atoms with Crippen molar-refractivity contribution in [3.63, 3.8) is 0 Å². The van der Waals surface area contributed by atoms with Crippen molar-refractivity contribution >= 4 is 35.2 Å².